The van der Waals surface area contributed by atoms with Gasteiger partial charge < -0.3 is 13.5 Å². The van der Waals surface area contributed by atoms with Gasteiger partial charge in [0.05, 0.1) is 44.4 Å². The number of hydrogen-bond acceptors (Lipinski definition) is 4. The number of rotatable bonds is 2. The molecule has 0 aliphatic rings. The molecule has 0 bridgehead atoms. The van der Waals surface area contributed by atoms with Crippen LogP contribution in [0.1, 0.15) is 26.3 Å². The van der Waals surface area contributed by atoms with Crippen molar-refractivity contribution in [3.8, 4) is 11.5 Å². The molecule has 0 fully saturated rings. The van der Waals surface area contributed by atoms with Crippen LogP contribution in [0.4, 0.5) is 0 Å². The fourth-order valence-corrected chi connectivity index (χ4v) is 7.21. The first-order valence-electron chi connectivity index (χ1n) is 15.8. The Hall–Kier alpha value is -5.35. The largest absolute Gasteiger partial charge is 2.00 e. The average molecular weight is 712 g/mol. The molecular formula is C41H27N5OPd. The fourth-order valence-electron chi connectivity index (χ4n) is 7.21. The van der Waals surface area contributed by atoms with Crippen molar-refractivity contribution < 1.29 is 25.2 Å². The van der Waals surface area contributed by atoms with Crippen molar-refractivity contribution >= 4 is 76.8 Å². The number of pyridine rings is 3. The van der Waals surface area contributed by atoms with E-state index in [1.807, 2.05) is 48.7 Å². The molecule has 0 amide bonds. The summed E-state index contributed by atoms with van der Waals surface area (Å²) in [6.07, 6.45) is 1.83. The molecule has 7 heteroatoms. The predicted octanol–water partition coefficient (Wildman–Crippen LogP) is 9.98. The molecule has 10 aromatic rings. The minimum Gasteiger partial charge on any atom is -0.497 e. The SMILES string of the molecule is CC(C)(C)c1cccc2c3ccc(Oc4[c-]c5c(cc4)c4ncccc4n4c6ccccc6nc54)[c-]c3c3nc4ccccc4n3c12.[Pd+2]. The van der Waals surface area contributed by atoms with Gasteiger partial charge in [0.25, 0.3) is 0 Å². The Kier molecular flexibility index (Phi) is 6.20. The molecule has 6 nitrogen and oxygen atoms in total. The van der Waals surface area contributed by atoms with Crippen LogP contribution in [-0.2, 0) is 25.8 Å². The van der Waals surface area contributed by atoms with Crippen molar-refractivity contribution in [1.29, 1.82) is 0 Å². The molecule has 0 spiro atoms. The summed E-state index contributed by atoms with van der Waals surface area (Å²) < 4.78 is 11.0. The molecule has 0 saturated heterocycles. The standard InChI is InChI=1S/C41H27N5O.Pd/c1-41(2,3)31-11-8-10-28-26-19-17-24(22-29(26)40-44-33-13-5-7-15-35(33)46(40)38(28)31)47-25-18-20-27-30(23-25)39-43-32-12-4-6-14-34(32)45(39)36-16-9-21-42-37(27)36;/h4-21H,1-3H3;/q-2;+2. The number of para-hydroxylation sites is 5. The third-order valence-corrected chi connectivity index (χ3v) is 9.27. The summed E-state index contributed by atoms with van der Waals surface area (Å²) in [7, 11) is 0. The summed E-state index contributed by atoms with van der Waals surface area (Å²) in [6, 6.07) is 42.4. The van der Waals surface area contributed by atoms with Crippen LogP contribution >= 0.6 is 0 Å². The maximum atomic E-state index is 6.54. The molecule has 0 radical (unpaired) electrons. The molecule has 5 aromatic carbocycles. The number of hydrogen-bond donors (Lipinski definition) is 0. The molecule has 48 heavy (non-hydrogen) atoms. The third kappa shape index (κ3) is 4.05. The molecule has 5 heterocycles. The van der Waals surface area contributed by atoms with Gasteiger partial charge in [-0.05, 0) is 52.8 Å². The number of imidazole rings is 2. The smallest absolute Gasteiger partial charge is 0.497 e. The number of fused-ring (bicyclic) bond motifs is 16. The van der Waals surface area contributed by atoms with E-state index >= 15 is 0 Å². The van der Waals surface area contributed by atoms with E-state index in [9.17, 15) is 0 Å². The van der Waals surface area contributed by atoms with Crippen molar-refractivity contribution in [3.63, 3.8) is 0 Å². The van der Waals surface area contributed by atoms with Gasteiger partial charge in [-0.25, -0.2) is 0 Å². The maximum Gasteiger partial charge on any atom is 2.00 e. The zero-order valence-electron chi connectivity index (χ0n) is 26.4. The van der Waals surface area contributed by atoms with Crippen LogP contribution < -0.4 is 4.74 Å². The van der Waals surface area contributed by atoms with E-state index in [-0.39, 0.29) is 25.8 Å². The van der Waals surface area contributed by atoms with Gasteiger partial charge >= 0.3 is 20.4 Å². The van der Waals surface area contributed by atoms with Crippen LogP contribution in [-0.4, -0.2) is 23.8 Å². The molecule has 5 aromatic heterocycles. The van der Waals surface area contributed by atoms with Gasteiger partial charge in [0.15, 0.2) is 0 Å². The first kappa shape index (κ1) is 28.8. The summed E-state index contributed by atoms with van der Waals surface area (Å²) in [5, 5.41) is 5.00. The van der Waals surface area contributed by atoms with Crippen molar-refractivity contribution in [2.75, 3.05) is 0 Å². The average Bonchev–Trinajstić information content (AvgIpc) is 3.68. The van der Waals surface area contributed by atoms with Gasteiger partial charge in [0.2, 0.25) is 0 Å². The maximum absolute atomic E-state index is 6.54. The van der Waals surface area contributed by atoms with Crippen molar-refractivity contribution in [2.24, 2.45) is 0 Å². The van der Waals surface area contributed by atoms with Gasteiger partial charge in [0, 0.05) is 23.2 Å². The Bertz CT molecular complexity index is 2930. The second kappa shape index (κ2) is 10.3. The van der Waals surface area contributed by atoms with Gasteiger partial charge in [-0.1, -0.05) is 109 Å². The Morgan fingerprint density at radius 1 is 0.583 bits per heavy atom. The van der Waals surface area contributed by atoms with Crippen LogP contribution in [0.15, 0.2) is 109 Å². The normalized spacial score (nSPS) is 12.3. The van der Waals surface area contributed by atoms with E-state index in [0.717, 1.165) is 71.3 Å². The molecule has 10 rings (SSSR count). The Labute approximate surface area is 289 Å². The first-order valence-corrected chi connectivity index (χ1v) is 15.8. The van der Waals surface area contributed by atoms with Crippen molar-refractivity contribution in [2.45, 2.75) is 26.2 Å². The number of ether oxygens (including phenoxy) is 1. The summed E-state index contributed by atoms with van der Waals surface area (Å²) in [5.41, 5.74) is 9.96. The second-order valence-corrected chi connectivity index (χ2v) is 13.2. The Morgan fingerprint density at radius 2 is 1.19 bits per heavy atom. The van der Waals surface area contributed by atoms with Crippen molar-refractivity contribution in [1.82, 2.24) is 23.8 Å². The Balaban J connectivity index is 0.00000314. The third-order valence-electron chi connectivity index (χ3n) is 9.27. The van der Waals surface area contributed by atoms with E-state index in [1.165, 1.54) is 11.1 Å². The molecule has 0 aliphatic heterocycles. The number of nitrogens with zero attached hydrogens (tertiary/aromatic N) is 5. The van der Waals surface area contributed by atoms with Crippen molar-refractivity contribution in [3.05, 3.63) is 127 Å². The molecule has 0 atom stereocenters. The summed E-state index contributed by atoms with van der Waals surface area (Å²) in [4.78, 5) is 14.9. The van der Waals surface area contributed by atoms with Crippen LogP contribution in [0, 0.1) is 12.1 Å². The van der Waals surface area contributed by atoms with E-state index < -0.39 is 0 Å². The summed E-state index contributed by atoms with van der Waals surface area (Å²) in [6.45, 7) is 6.79. The van der Waals surface area contributed by atoms with E-state index in [4.69, 9.17) is 19.7 Å². The summed E-state index contributed by atoms with van der Waals surface area (Å²) >= 11 is 0. The second-order valence-electron chi connectivity index (χ2n) is 13.2. The minimum absolute atomic E-state index is 0. The number of benzene rings is 5. The molecule has 0 saturated carbocycles. The molecular weight excluding hydrogens is 685 g/mol. The van der Waals surface area contributed by atoms with Gasteiger partial charge in [-0.3, -0.25) is 15.0 Å². The number of aromatic nitrogens is 5. The van der Waals surface area contributed by atoms with E-state index in [2.05, 4.69) is 102 Å². The molecule has 0 unspecified atom stereocenters. The molecule has 0 aliphatic carbocycles. The molecule has 232 valence electrons. The van der Waals surface area contributed by atoms with Crippen LogP contribution in [0.2, 0.25) is 0 Å². The van der Waals surface area contributed by atoms with Crippen LogP contribution in [0.25, 0.3) is 76.8 Å². The van der Waals surface area contributed by atoms with Crippen LogP contribution in [0.3, 0.4) is 0 Å². The topological polar surface area (TPSA) is 56.7 Å². The van der Waals surface area contributed by atoms with E-state index in [1.54, 1.807) is 0 Å². The predicted molar refractivity (Wildman–Crippen MR) is 190 cm³/mol. The monoisotopic (exact) mass is 711 g/mol. The zero-order chi connectivity index (χ0) is 31.4. The fraction of sp³-hybridized carbons (Fsp3) is 0.0976. The quantitative estimate of drug-likeness (QED) is 0.102. The van der Waals surface area contributed by atoms with Gasteiger partial charge in [0.1, 0.15) is 0 Å². The summed E-state index contributed by atoms with van der Waals surface area (Å²) in [5.74, 6) is 1.18. The Morgan fingerprint density at radius 3 is 1.90 bits per heavy atom. The van der Waals surface area contributed by atoms with E-state index in [0.29, 0.717) is 11.5 Å². The van der Waals surface area contributed by atoms with Crippen LogP contribution in [0.5, 0.6) is 11.5 Å². The minimum atomic E-state index is -0.0584. The van der Waals surface area contributed by atoms with Gasteiger partial charge in [-0.2, -0.15) is 0 Å². The molecule has 0 N–H and O–H groups in total. The van der Waals surface area contributed by atoms with Gasteiger partial charge in [-0.15, -0.1) is 12.1 Å². The zero-order valence-corrected chi connectivity index (χ0v) is 27.9. The first-order chi connectivity index (χ1) is 22.9.